The molecule has 2 N–H and O–H groups in total. The summed E-state index contributed by atoms with van der Waals surface area (Å²) in [5, 5.41) is 13.1. The molecule has 1 fully saturated rings. The Hall–Kier alpha value is -3.29. The van der Waals surface area contributed by atoms with Gasteiger partial charge in [-0.25, -0.2) is 18.6 Å². The molecule has 1 aliphatic heterocycles. The minimum Gasteiger partial charge on any atom is -0.478 e. The minimum absolute atomic E-state index is 0.125. The number of aromatic carboxylic acids is 1. The second-order valence-electron chi connectivity index (χ2n) is 9.25. The van der Waals surface area contributed by atoms with Gasteiger partial charge in [0, 0.05) is 24.2 Å². The van der Waals surface area contributed by atoms with Crippen LogP contribution in [0.15, 0.2) is 41.2 Å². The van der Waals surface area contributed by atoms with E-state index < -0.39 is 23.3 Å². The average molecular weight is 453 g/mol. The topological polar surface area (TPSA) is 84.2 Å². The first kappa shape index (κ1) is 21.6. The average Bonchev–Trinajstić information content (AvgIpc) is 3.29. The van der Waals surface area contributed by atoms with Crippen LogP contribution in [-0.4, -0.2) is 26.5 Å². The number of alkyl halides is 2. The van der Waals surface area contributed by atoms with Crippen molar-refractivity contribution in [3.63, 3.8) is 0 Å². The van der Waals surface area contributed by atoms with Crippen LogP contribution in [0.5, 0.6) is 0 Å². The number of halogens is 2. The Morgan fingerprint density at radius 2 is 1.97 bits per heavy atom. The van der Waals surface area contributed by atoms with Crippen LogP contribution in [0.3, 0.4) is 0 Å². The van der Waals surface area contributed by atoms with Crippen LogP contribution in [0.2, 0.25) is 0 Å². The Kier molecular flexibility index (Phi) is 4.81. The Balaban J connectivity index is 1.68. The monoisotopic (exact) mass is 453 g/mol. The number of nitrogens with zero attached hydrogens (tertiary/aromatic N) is 2. The van der Waals surface area contributed by atoms with E-state index in [2.05, 4.69) is 5.32 Å². The SMILES string of the molecule is Cc1cc([C@@H](C)Nc2ccccc2C(=O)O)c2nc3n(c(=O)c2c1)CC[C@]31CCCC1(F)F. The molecule has 1 saturated carbocycles. The molecule has 1 aliphatic carbocycles. The highest BCUT2D eigenvalue weighted by Crippen LogP contribution is 2.56. The van der Waals surface area contributed by atoms with Crippen molar-refractivity contribution in [3.05, 3.63) is 69.3 Å². The summed E-state index contributed by atoms with van der Waals surface area (Å²) in [6, 6.07) is 9.78. The number of rotatable bonds is 4. The maximum absolute atomic E-state index is 15.0. The van der Waals surface area contributed by atoms with Gasteiger partial charge in [-0.3, -0.25) is 9.36 Å². The van der Waals surface area contributed by atoms with Crippen molar-refractivity contribution in [2.45, 2.75) is 63.5 Å². The summed E-state index contributed by atoms with van der Waals surface area (Å²) in [6.07, 6.45) is 0.753. The fourth-order valence-electron chi connectivity index (χ4n) is 5.54. The number of anilines is 1. The van der Waals surface area contributed by atoms with Crippen LogP contribution in [0.4, 0.5) is 14.5 Å². The van der Waals surface area contributed by atoms with E-state index in [1.807, 2.05) is 19.9 Å². The molecular formula is C25H25F2N3O3. The number of para-hydroxylation sites is 1. The quantitative estimate of drug-likeness (QED) is 0.578. The van der Waals surface area contributed by atoms with E-state index in [4.69, 9.17) is 4.98 Å². The van der Waals surface area contributed by atoms with E-state index in [1.54, 1.807) is 24.3 Å². The molecule has 8 heteroatoms. The number of aryl methyl sites for hydroxylation is 1. The van der Waals surface area contributed by atoms with Gasteiger partial charge in [-0.05, 0) is 56.9 Å². The van der Waals surface area contributed by atoms with Gasteiger partial charge in [0.05, 0.1) is 27.9 Å². The van der Waals surface area contributed by atoms with E-state index in [0.717, 1.165) is 5.56 Å². The van der Waals surface area contributed by atoms with Crippen molar-refractivity contribution in [1.29, 1.82) is 0 Å². The van der Waals surface area contributed by atoms with Gasteiger partial charge >= 0.3 is 5.97 Å². The first-order valence-electron chi connectivity index (χ1n) is 11.2. The van der Waals surface area contributed by atoms with Gasteiger partial charge in [0.15, 0.2) is 0 Å². The predicted octanol–water partition coefficient (Wildman–Crippen LogP) is 5.04. The fraction of sp³-hybridized carbons (Fsp3) is 0.400. The molecule has 3 aromatic rings. The molecule has 2 heterocycles. The zero-order valence-corrected chi connectivity index (χ0v) is 18.5. The number of hydrogen-bond acceptors (Lipinski definition) is 4. The summed E-state index contributed by atoms with van der Waals surface area (Å²) >= 11 is 0. The first-order valence-corrected chi connectivity index (χ1v) is 11.2. The number of fused-ring (bicyclic) bond motifs is 3. The third-order valence-corrected chi connectivity index (χ3v) is 7.21. The van der Waals surface area contributed by atoms with Gasteiger partial charge in [-0.1, -0.05) is 18.2 Å². The zero-order valence-electron chi connectivity index (χ0n) is 18.5. The molecule has 2 atom stereocenters. The molecule has 0 bridgehead atoms. The highest BCUT2D eigenvalue weighted by atomic mass is 19.3. The highest BCUT2D eigenvalue weighted by molar-refractivity contribution is 5.94. The Morgan fingerprint density at radius 3 is 2.67 bits per heavy atom. The normalized spacial score (nSPS) is 21.9. The predicted molar refractivity (Wildman–Crippen MR) is 121 cm³/mol. The van der Waals surface area contributed by atoms with Crippen molar-refractivity contribution in [3.8, 4) is 0 Å². The molecule has 1 spiro atoms. The third-order valence-electron chi connectivity index (χ3n) is 7.21. The summed E-state index contributed by atoms with van der Waals surface area (Å²) < 4.78 is 31.5. The van der Waals surface area contributed by atoms with E-state index in [-0.39, 0.29) is 36.3 Å². The molecule has 1 aromatic heterocycles. The van der Waals surface area contributed by atoms with Gasteiger partial charge in [0.2, 0.25) is 0 Å². The van der Waals surface area contributed by atoms with Crippen molar-refractivity contribution in [2.24, 2.45) is 0 Å². The smallest absolute Gasteiger partial charge is 0.337 e. The second-order valence-corrected chi connectivity index (χ2v) is 9.25. The van der Waals surface area contributed by atoms with Gasteiger partial charge in [0.1, 0.15) is 5.82 Å². The van der Waals surface area contributed by atoms with Crippen molar-refractivity contribution in [2.75, 3.05) is 5.32 Å². The lowest BCUT2D eigenvalue weighted by molar-refractivity contribution is -0.0584. The highest BCUT2D eigenvalue weighted by Gasteiger charge is 2.62. The molecule has 6 nitrogen and oxygen atoms in total. The Labute approximate surface area is 189 Å². The molecular weight excluding hydrogens is 428 g/mol. The van der Waals surface area contributed by atoms with Gasteiger partial charge in [0.25, 0.3) is 11.5 Å². The molecule has 172 valence electrons. The summed E-state index contributed by atoms with van der Waals surface area (Å²) in [5.41, 5.74) is 0.787. The van der Waals surface area contributed by atoms with Crippen LogP contribution in [0.25, 0.3) is 10.9 Å². The lowest BCUT2D eigenvalue weighted by Crippen LogP contribution is -2.40. The molecule has 2 aromatic carbocycles. The van der Waals surface area contributed by atoms with E-state index >= 15 is 8.78 Å². The first-order chi connectivity index (χ1) is 15.6. The number of benzene rings is 2. The number of carboxylic acids is 1. The molecule has 33 heavy (non-hydrogen) atoms. The summed E-state index contributed by atoms with van der Waals surface area (Å²) in [4.78, 5) is 29.7. The number of hydrogen-bond donors (Lipinski definition) is 2. The molecule has 0 amide bonds. The summed E-state index contributed by atoms with van der Waals surface area (Å²) in [5.74, 6) is -3.77. The van der Waals surface area contributed by atoms with Crippen LogP contribution in [0, 0.1) is 6.92 Å². The lowest BCUT2D eigenvalue weighted by Gasteiger charge is -2.30. The maximum Gasteiger partial charge on any atom is 0.337 e. The third kappa shape index (κ3) is 3.14. The standard InChI is InChI=1S/C25H25F2N3O3/c1-14-12-17(15(2)28-19-7-4-3-6-16(19)22(32)33)20-18(13-14)21(31)30-11-10-24(23(30)29-20)8-5-9-25(24,26)27/h3-4,6-7,12-13,15,28H,5,8-11H2,1-2H3,(H,32,33)/t15-,24-/m1/s1. The second kappa shape index (κ2) is 7.37. The molecule has 0 unspecified atom stereocenters. The van der Waals surface area contributed by atoms with Gasteiger partial charge < -0.3 is 10.4 Å². The van der Waals surface area contributed by atoms with Gasteiger partial charge in [-0.2, -0.15) is 0 Å². The lowest BCUT2D eigenvalue weighted by atomic mass is 9.81. The molecule has 0 saturated heterocycles. The molecule has 2 aliphatic rings. The van der Waals surface area contributed by atoms with Crippen LogP contribution in [-0.2, 0) is 12.0 Å². The van der Waals surface area contributed by atoms with Crippen LogP contribution in [0.1, 0.15) is 66.0 Å². The summed E-state index contributed by atoms with van der Waals surface area (Å²) in [7, 11) is 0. The van der Waals surface area contributed by atoms with Crippen molar-refractivity contribution in [1.82, 2.24) is 9.55 Å². The number of aromatic nitrogens is 2. The fourth-order valence-corrected chi connectivity index (χ4v) is 5.54. The van der Waals surface area contributed by atoms with Crippen LogP contribution < -0.4 is 10.9 Å². The largest absolute Gasteiger partial charge is 0.478 e. The number of carboxylic acid groups (broad SMARTS) is 1. The minimum atomic E-state index is -2.90. The van der Waals surface area contributed by atoms with E-state index in [1.165, 1.54) is 10.6 Å². The number of carbonyl (C=O) groups is 1. The zero-order chi connectivity index (χ0) is 23.5. The Bertz CT molecular complexity index is 1350. The number of nitrogens with one attached hydrogen (secondary N) is 1. The summed E-state index contributed by atoms with van der Waals surface area (Å²) in [6.45, 7) is 3.96. The van der Waals surface area contributed by atoms with Crippen molar-refractivity contribution < 1.29 is 18.7 Å². The van der Waals surface area contributed by atoms with E-state index in [0.29, 0.717) is 35.0 Å². The molecule has 5 rings (SSSR count). The maximum atomic E-state index is 15.0. The van der Waals surface area contributed by atoms with E-state index in [9.17, 15) is 14.7 Å². The van der Waals surface area contributed by atoms with Crippen molar-refractivity contribution >= 4 is 22.6 Å². The molecule has 0 radical (unpaired) electrons. The van der Waals surface area contributed by atoms with Gasteiger partial charge in [-0.15, -0.1) is 0 Å². The van der Waals surface area contributed by atoms with Crippen LogP contribution >= 0.6 is 0 Å². The Morgan fingerprint density at radius 1 is 1.21 bits per heavy atom.